The average Bonchev–Trinajstić information content (AvgIpc) is 2.73. The van der Waals surface area contributed by atoms with Gasteiger partial charge in [-0.05, 0) is 42.8 Å². The number of amides is 2. The highest BCUT2D eigenvalue weighted by Gasteiger charge is 2.24. The highest BCUT2D eigenvalue weighted by molar-refractivity contribution is 6.04. The third-order valence-electron chi connectivity index (χ3n) is 4.47. The molecule has 1 aliphatic heterocycles. The van der Waals surface area contributed by atoms with Crippen molar-refractivity contribution in [3.8, 4) is 5.75 Å². The van der Waals surface area contributed by atoms with E-state index in [9.17, 15) is 14.0 Å². The number of anilines is 1. The lowest BCUT2D eigenvalue weighted by Crippen LogP contribution is -2.41. The van der Waals surface area contributed by atoms with Gasteiger partial charge in [-0.25, -0.2) is 4.39 Å². The maximum Gasteiger partial charge on any atom is 0.265 e. The Morgan fingerprint density at radius 3 is 2.50 bits per heavy atom. The molecule has 1 saturated heterocycles. The number of ether oxygens (including phenoxy) is 2. The van der Waals surface area contributed by atoms with Gasteiger partial charge in [0.1, 0.15) is 11.6 Å². The summed E-state index contributed by atoms with van der Waals surface area (Å²) < 4.78 is 24.0. The van der Waals surface area contributed by atoms with Crippen molar-refractivity contribution in [1.82, 2.24) is 4.90 Å². The Balaban J connectivity index is 1.72. The van der Waals surface area contributed by atoms with E-state index in [0.29, 0.717) is 49.7 Å². The maximum absolute atomic E-state index is 13.0. The molecule has 2 aromatic rings. The number of para-hydroxylation sites is 1. The minimum Gasteiger partial charge on any atom is -0.481 e. The molecule has 0 bridgehead atoms. The van der Waals surface area contributed by atoms with Gasteiger partial charge in [-0.3, -0.25) is 9.59 Å². The van der Waals surface area contributed by atoms with E-state index in [-0.39, 0.29) is 17.6 Å². The summed E-state index contributed by atoms with van der Waals surface area (Å²) in [6.07, 6.45) is -0.347. The van der Waals surface area contributed by atoms with E-state index in [0.717, 1.165) is 0 Å². The van der Waals surface area contributed by atoms with Crippen LogP contribution in [0.4, 0.5) is 10.1 Å². The van der Waals surface area contributed by atoms with Crippen LogP contribution in [0.3, 0.4) is 0 Å². The molecule has 28 heavy (non-hydrogen) atoms. The van der Waals surface area contributed by atoms with Gasteiger partial charge in [0.05, 0.1) is 24.5 Å². The number of nitrogens with zero attached hydrogens (tertiary/aromatic N) is 1. The number of hydrogen-bond acceptors (Lipinski definition) is 4. The van der Waals surface area contributed by atoms with Crippen molar-refractivity contribution < 1.29 is 23.5 Å². The van der Waals surface area contributed by atoms with E-state index in [1.54, 1.807) is 29.2 Å². The van der Waals surface area contributed by atoms with Crippen molar-refractivity contribution in [3.63, 3.8) is 0 Å². The smallest absolute Gasteiger partial charge is 0.265 e. The van der Waals surface area contributed by atoms with Gasteiger partial charge in [0.2, 0.25) is 0 Å². The summed E-state index contributed by atoms with van der Waals surface area (Å²) in [7, 11) is 0. The SMILES string of the molecule is CC[C@@H](Oc1ccc(F)cc1)C(=O)Nc1ccccc1C(=O)N1CCOCC1. The third-order valence-corrected chi connectivity index (χ3v) is 4.47. The summed E-state index contributed by atoms with van der Waals surface area (Å²) in [6, 6.07) is 12.4. The van der Waals surface area contributed by atoms with Gasteiger partial charge in [-0.1, -0.05) is 19.1 Å². The number of halogens is 1. The first kappa shape index (κ1) is 19.8. The van der Waals surface area contributed by atoms with E-state index >= 15 is 0 Å². The average molecular weight is 386 g/mol. The van der Waals surface area contributed by atoms with Crippen LogP contribution in [0.5, 0.6) is 5.75 Å². The molecule has 2 amide bonds. The second-order valence-corrected chi connectivity index (χ2v) is 6.41. The first-order valence-corrected chi connectivity index (χ1v) is 9.27. The Kier molecular flexibility index (Phi) is 6.60. The standard InChI is InChI=1S/C21H23FN2O4/c1-2-19(28-16-9-7-15(22)8-10-16)20(25)23-18-6-4-3-5-17(18)21(26)24-11-13-27-14-12-24/h3-10,19H,2,11-14H2,1H3,(H,23,25)/t19-/m1/s1. The van der Waals surface area contributed by atoms with Crippen LogP contribution in [0.2, 0.25) is 0 Å². The molecule has 0 radical (unpaired) electrons. The maximum atomic E-state index is 13.0. The first-order valence-electron chi connectivity index (χ1n) is 9.27. The van der Waals surface area contributed by atoms with Crippen LogP contribution in [-0.2, 0) is 9.53 Å². The number of carbonyl (C=O) groups excluding carboxylic acids is 2. The quantitative estimate of drug-likeness (QED) is 0.828. The molecule has 1 N–H and O–H groups in total. The van der Waals surface area contributed by atoms with Crippen molar-refractivity contribution in [1.29, 1.82) is 0 Å². The monoisotopic (exact) mass is 386 g/mol. The number of morpholine rings is 1. The Hall–Kier alpha value is -2.93. The van der Waals surface area contributed by atoms with Crippen molar-refractivity contribution in [2.24, 2.45) is 0 Å². The highest BCUT2D eigenvalue weighted by atomic mass is 19.1. The first-order chi connectivity index (χ1) is 13.6. The molecule has 3 rings (SSSR count). The van der Waals surface area contributed by atoms with Crippen molar-refractivity contribution in [2.75, 3.05) is 31.6 Å². The fourth-order valence-electron chi connectivity index (χ4n) is 2.93. The number of rotatable bonds is 6. The van der Waals surface area contributed by atoms with Crippen LogP contribution in [-0.4, -0.2) is 49.1 Å². The zero-order valence-electron chi connectivity index (χ0n) is 15.7. The summed E-state index contributed by atoms with van der Waals surface area (Å²) in [5, 5.41) is 2.80. The Morgan fingerprint density at radius 1 is 1.14 bits per heavy atom. The molecular weight excluding hydrogens is 363 g/mol. The molecule has 1 fully saturated rings. The summed E-state index contributed by atoms with van der Waals surface area (Å²) in [5.74, 6) is -0.484. The number of benzene rings is 2. The summed E-state index contributed by atoms with van der Waals surface area (Å²) >= 11 is 0. The van der Waals surface area contributed by atoms with Crippen LogP contribution in [0.15, 0.2) is 48.5 Å². The topological polar surface area (TPSA) is 67.9 Å². The molecule has 7 heteroatoms. The van der Waals surface area contributed by atoms with Crippen LogP contribution < -0.4 is 10.1 Å². The molecule has 0 saturated carbocycles. The van der Waals surface area contributed by atoms with Crippen molar-refractivity contribution >= 4 is 17.5 Å². The largest absolute Gasteiger partial charge is 0.481 e. The fourth-order valence-corrected chi connectivity index (χ4v) is 2.93. The van der Waals surface area contributed by atoms with Crippen LogP contribution in [0.25, 0.3) is 0 Å². The molecule has 0 aliphatic carbocycles. The van der Waals surface area contributed by atoms with Gasteiger partial charge in [0.25, 0.3) is 11.8 Å². The zero-order valence-corrected chi connectivity index (χ0v) is 15.7. The van der Waals surface area contributed by atoms with Gasteiger partial charge in [-0.2, -0.15) is 0 Å². The second-order valence-electron chi connectivity index (χ2n) is 6.41. The normalized spacial score (nSPS) is 15.0. The predicted molar refractivity (Wildman–Crippen MR) is 103 cm³/mol. The molecule has 0 unspecified atom stereocenters. The van der Waals surface area contributed by atoms with E-state index in [1.165, 1.54) is 24.3 Å². The van der Waals surface area contributed by atoms with Gasteiger partial charge in [0.15, 0.2) is 6.10 Å². The molecule has 2 aromatic carbocycles. The summed E-state index contributed by atoms with van der Waals surface area (Å²) in [5.41, 5.74) is 0.861. The summed E-state index contributed by atoms with van der Waals surface area (Å²) in [4.78, 5) is 27.2. The fraction of sp³-hybridized carbons (Fsp3) is 0.333. The lowest BCUT2D eigenvalue weighted by Gasteiger charge is -2.27. The molecule has 1 atom stereocenters. The van der Waals surface area contributed by atoms with Crippen LogP contribution >= 0.6 is 0 Å². The molecule has 1 heterocycles. The molecule has 6 nitrogen and oxygen atoms in total. The van der Waals surface area contributed by atoms with Crippen LogP contribution in [0, 0.1) is 5.82 Å². The molecule has 0 spiro atoms. The zero-order chi connectivity index (χ0) is 19.9. The number of hydrogen-bond donors (Lipinski definition) is 1. The summed E-state index contributed by atoms with van der Waals surface area (Å²) in [6.45, 7) is 3.87. The van der Waals surface area contributed by atoms with Gasteiger partial charge < -0.3 is 19.7 Å². The molecule has 0 aromatic heterocycles. The Bertz CT molecular complexity index is 819. The van der Waals surface area contributed by atoms with E-state index in [2.05, 4.69) is 5.32 Å². The number of nitrogens with one attached hydrogen (secondary N) is 1. The highest BCUT2D eigenvalue weighted by Crippen LogP contribution is 2.20. The third kappa shape index (κ3) is 4.86. The minimum absolute atomic E-state index is 0.147. The molecule has 148 valence electrons. The number of carbonyl (C=O) groups is 2. The second kappa shape index (κ2) is 9.32. The molecule has 1 aliphatic rings. The van der Waals surface area contributed by atoms with Gasteiger partial charge in [0, 0.05) is 13.1 Å². The van der Waals surface area contributed by atoms with Gasteiger partial charge in [-0.15, -0.1) is 0 Å². The van der Waals surface area contributed by atoms with Crippen molar-refractivity contribution in [2.45, 2.75) is 19.4 Å². The Morgan fingerprint density at radius 2 is 1.82 bits per heavy atom. The Labute approximate surface area is 163 Å². The van der Waals surface area contributed by atoms with Crippen molar-refractivity contribution in [3.05, 3.63) is 59.9 Å². The minimum atomic E-state index is -0.767. The predicted octanol–water partition coefficient (Wildman–Crippen LogP) is 3.09. The lowest BCUT2D eigenvalue weighted by molar-refractivity contribution is -0.122. The van der Waals surface area contributed by atoms with E-state index in [1.807, 2.05) is 6.92 Å². The van der Waals surface area contributed by atoms with Crippen LogP contribution in [0.1, 0.15) is 23.7 Å². The van der Waals surface area contributed by atoms with E-state index in [4.69, 9.17) is 9.47 Å². The lowest BCUT2D eigenvalue weighted by atomic mass is 10.1. The molecular formula is C21H23FN2O4. The van der Waals surface area contributed by atoms with Gasteiger partial charge >= 0.3 is 0 Å². The van der Waals surface area contributed by atoms with E-state index < -0.39 is 6.10 Å².